The number of para-hydroxylation sites is 2. The highest BCUT2D eigenvalue weighted by Gasteiger charge is 2.20. The molecule has 0 bridgehead atoms. The molecule has 1 aromatic heterocycles. The number of anilines is 3. The van der Waals surface area contributed by atoms with Gasteiger partial charge in [0.05, 0.1) is 5.69 Å². The Morgan fingerprint density at radius 2 is 0.875 bits per heavy atom. The highest BCUT2D eigenvalue weighted by Crippen LogP contribution is 2.46. The van der Waals surface area contributed by atoms with E-state index in [4.69, 9.17) is 4.42 Å². The number of hydrogen-bond acceptors (Lipinski definition) is 2. The summed E-state index contributed by atoms with van der Waals surface area (Å²) < 4.78 is 6.35. The molecule has 226 valence electrons. The zero-order valence-corrected chi connectivity index (χ0v) is 26.3. The molecule has 9 aromatic rings. The van der Waals surface area contributed by atoms with Crippen LogP contribution in [0.1, 0.15) is 0 Å². The van der Waals surface area contributed by atoms with Crippen LogP contribution in [0.25, 0.3) is 66.1 Å². The first-order valence-corrected chi connectivity index (χ1v) is 16.4. The van der Waals surface area contributed by atoms with Crippen LogP contribution in [0.3, 0.4) is 0 Å². The Hall–Kier alpha value is -6.38. The summed E-state index contributed by atoms with van der Waals surface area (Å²) >= 11 is 0. The Labute approximate surface area is 279 Å². The number of nitrogens with zero attached hydrogens (tertiary/aromatic N) is 1. The summed E-state index contributed by atoms with van der Waals surface area (Å²) in [5.74, 6) is 0. The van der Waals surface area contributed by atoms with Gasteiger partial charge in [-0.2, -0.15) is 0 Å². The molecule has 0 saturated carbocycles. The van der Waals surface area contributed by atoms with E-state index in [1.54, 1.807) is 0 Å². The van der Waals surface area contributed by atoms with Gasteiger partial charge in [-0.05, 0) is 75.7 Å². The number of hydrogen-bond donors (Lipinski definition) is 0. The summed E-state index contributed by atoms with van der Waals surface area (Å²) in [6.07, 6.45) is 0. The monoisotopic (exact) mass is 613 g/mol. The Balaban J connectivity index is 1.26. The van der Waals surface area contributed by atoms with Crippen molar-refractivity contribution >= 4 is 49.8 Å². The molecule has 0 saturated heterocycles. The molecule has 0 unspecified atom stereocenters. The van der Waals surface area contributed by atoms with Crippen molar-refractivity contribution in [3.8, 4) is 33.4 Å². The summed E-state index contributed by atoms with van der Waals surface area (Å²) in [5, 5.41) is 4.67. The maximum absolute atomic E-state index is 6.35. The number of benzene rings is 8. The van der Waals surface area contributed by atoms with Crippen LogP contribution >= 0.6 is 0 Å². The smallest absolute Gasteiger partial charge is 0.136 e. The molecule has 0 fully saturated rings. The standard InChI is InChI=1S/C46H31NO/c1-3-12-32(13-4-1)34-22-27-37(28-23-34)47(38-29-24-35(25-30-38)33-14-5-2-6-15-33)42-20-9-7-17-39(42)40-19-11-16-36-26-31-44-46(45(36)40)41-18-8-10-21-43(41)48-44/h1-31H. The maximum Gasteiger partial charge on any atom is 0.136 e. The summed E-state index contributed by atoms with van der Waals surface area (Å²) in [6, 6.07) is 66.9. The van der Waals surface area contributed by atoms with Crippen LogP contribution in [0.2, 0.25) is 0 Å². The first-order valence-electron chi connectivity index (χ1n) is 16.4. The third kappa shape index (κ3) is 4.83. The average molecular weight is 614 g/mol. The molecule has 0 atom stereocenters. The van der Waals surface area contributed by atoms with E-state index >= 15 is 0 Å². The maximum atomic E-state index is 6.35. The largest absolute Gasteiger partial charge is 0.456 e. The van der Waals surface area contributed by atoms with E-state index < -0.39 is 0 Å². The zero-order valence-electron chi connectivity index (χ0n) is 26.3. The topological polar surface area (TPSA) is 16.4 Å². The van der Waals surface area contributed by atoms with Crippen LogP contribution in [0.5, 0.6) is 0 Å². The molecule has 9 rings (SSSR count). The van der Waals surface area contributed by atoms with Gasteiger partial charge in [0.25, 0.3) is 0 Å². The molecule has 0 radical (unpaired) electrons. The molecule has 2 heteroatoms. The third-order valence-electron chi connectivity index (χ3n) is 9.28. The lowest BCUT2D eigenvalue weighted by molar-refractivity contribution is 0.669. The van der Waals surface area contributed by atoms with Crippen LogP contribution < -0.4 is 4.90 Å². The van der Waals surface area contributed by atoms with E-state index in [-0.39, 0.29) is 0 Å². The van der Waals surface area contributed by atoms with Crippen molar-refractivity contribution in [3.05, 3.63) is 188 Å². The zero-order chi connectivity index (χ0) is 31.9. The molecule has 2 nitrogen and oxygen atoms in total. The normalized spacial score (nSPS) is 11.3. The van der Waals surface area contributed by atoms with E-state index in [2.05, 4.69) is 187 Å². The predicted octanol–water partition coefficient (Wildman–Crippen LogP) is 13.2. The molecule has 0 aliphatic carbocycles. The summed E-state index contributed by atoms with van der Waals surface area (Å²) in [5.41, 5.74) is 12.2. The minimum Gasteiger partial charge on any atom is -0.456 e. The number of fused-ring (bicyclic) bond motifs is 5. The fraction of sp³-hybridized carbons (Fsp3) is 0. The van der Waals surface area contributed by atoms with Crippen molar-refractivity contribution in [2.24, 2.45) is 0 Å². The van der Waals surface area contributed by atoms with Gasteiger partial charge in [-0.25, -0.2) is 0 Å². The van der Waals surface area contributed by atoms with Gasteiger partial charge in [0.15, 0.2) is 0 Å². The third-order valence-corrected chi connectivity index (χ3v) is 9.28. The second kappa shape index (κ2) is 11.8. The quantitative estimate of drug-likeness (QED) is 0.185. The Bertz CT molecular complexity index is 2450. The van der Waals surface area contributed by atoms with E-state index in [1.807, 2.05) is 6.07 Å². The van der Waals surface area contributed by atoms with Gasteiger partial charge in [-0.3, -0.25) is 0 Å². The van der Waals surface area contributed by atoms with Crippen molar-refractivity contribution in [2.45, 2.75) is 0 Å². The van der Waals surface area contributed by atoms with Gasteiger partial charge in [-0.15, -0.1) is 0 Å². The SMILES string of the molecule is c1ccc(-c2ccc(N(c3ccc(-c4ccccc4)cc3)c3ccccc3-c3cccc4ccc5oc6ccccc6c5c34)cc2)cc1. The van der Waals surface area contributed by atoms with Crippen LogP contribution in [-0.4, -0.2) is 0 Å². The van der Waals surface area contributed by atoms with Gasteiger partial charge in [0.2, 0.25) is 0 Å². The van der Waals surface area contributed by atoms with Gasteiger partial charge < -0.3 is 9.32 Å². The Morgan fingerprint density at radius 1 is 0.333 bits per heavy atom. The minimum atomic E-state index is 0.901. The molecule has 1 heterocycles. The Morgan fingerprint density at radius 3 is 1.54 bits per heavy atom. The lowest BCUT2D eigenvalue weighted by Gasteiger charge is -2.28. The van der Waals surface area contributed by atoms with Crippen molar-refractivity contribution in [1.29, 1.82) is 0 Å². The van der Waals surface area contributed by atoms with Crippen molar-refractivity contribution in [1.82, 2.24) is 0 Å². The van der Waals surface area contributed by atoms with Crippen molar-refractivity contribution < 1.29 is 4.42 Å². The molecular weight excluding hydrogens is 583 g/mol. The first-order chi connectivity index (χ1) is 23.8. The molecule has 0 N–H and O–H groups in total. The molecule has 0 spiro atoms. The van der Waals surface area contributed by atoms with E-state index in [9.17, 15) is 0 Å². The molecule has 0 aliphatic heterocycles. The summed E-state index contributed by atoms with van der Waals surface area (Å²) in [7, 11) is 0. The van der Waals surface area contributed by atoms with Crippen LogP contribution in [0.15, 0.2) is 192 Å². The average Bonchev–Trinajstić information content (AvgIpc) is 3.55. The van der Waals surface area contributed by atoms with Gasteiger partial charge >= 0.3 is 0 Å². The highest BCUT2D eigenvalue weighted by atomic mass is 16.3. The Kier molecular flexibility index (Phi) is 6.84. The van der Waals surface area contributed by atoms with E-state index in [0.717, 1.165) is 44.6 Å². The molecule has 8 aromatic carbocycles. The van der Waals surface area contributed by atoms with Gasteiger partial charge in [0, 0.05) is 33.1 Å². The van der Waals surface area contributed by atoms with E-state index in [1.165, 1.54) is 38.6 Å². The summed E-state index contributed by atoms with van der Waals surface area (Å²) in [4.78, 5) is 2.38. The number of furan rings is 1. The highest BCUT2D eigenvalue weighted by molar-refractivity contribution is 6.23. The predicted molar refractivity (Wildman–Crippen MR) is 202 cm³/mol. The first kappa shape index (κ1) is 27.9. The van der Waals surface area contributed by atoms with Crippen molar-refractivity contribution in [2.75, 3.05) is 4.90 Å². The lowest BCUT2D eigenvalue weighted by atomic mass is 9.93. The fourth-order valence-corrected chi connectivity index (χ4v) is 7.01. The fourth-order valence-electron chi connectivity index (χ4n) is 7.01. The second-order valence-corrected chi connectivity index (χ2v) is 12.1. The molecule has 0 amide bonds. The van der Waals surface area contributed by atoms with Gasteiger partial charge in [-0.1, -0.05) is 146 Å². The lowest BCUT2D eigenvalue weighted by Crippen LogP contribution is -2.11. The van der Waals surface area contributed by atoms with Crippen LogP contribution in [0, 0.1) is 0 Å². The van der Waals surface area contributed by atoms with E-state index in [0.29, 0.717) is 0 Å². The van der Waals surface area contributed by atoms with Crippen LogP contribution in [-0.2, 0) is 0 Å². The van der Waals surface area contributed by atoms with Crippen LogP contribution in [0.4, 0.5) is 17.1 Å². The molecular formula is C46H31NO. The van der Waals surface area contributed by atoms with Crippen molar-refractivity contribution in [3.63, 3.8) is 0 Å². The minimum absolute atomic E-state index is 0.901. The molecule has 0 aliphatic rings. The summed E-state index contributed by atoms with van der Waals surface area (Å²) in [6.45, 7) is 0. The number of rotatable bonds is 6. The van der Waals surface area contributed by atoms with Gasteiger partial charge in [0.1, 0.15) is 11.2 Å². The molecule has 48 heavy (non-hydrogen) atoms. The second-order valence-electron chi connectivity index (χ2n) is 12.1.